The summed E-state index contributed by atoms with van der Waals surface area (Å²) in [6.07, 6.45) is 0.615. The average Bonchev–Trinajstić information content (AvgIpc) is 2.87. The van der Waals surface area contributed by atoms with Gasteiger partial charge in [-0.1, -0.05) is 42.5 Å². The number of para-hydroxylation sites is 2. The van der Waals surface area contributed by atoms with E-state index in [2.05, 4.69) is 4.98 Å². The molecule has 0 saturated carbocycles. The molecule has 0 spiro atoms. The molecule has 5 nitrogen and oxygen atoms in total. The zero-order valence-electron chi connectivity index (χ0n) is 12.0. The number of imidazole rings is 1. The highest BCUT2D eigenvalue weighted by atomic mass is 16.4. The number of nitrogens with two attached hydrogens (primary N) is 1. The van der Waals surface area contributed by atoms with Crippen LogP contribution in [0.2, 0.25) is 0 Å². The molecule has 3 rings (SSSR count). The van der Waals surface area contributed by atoms with Crippen molar-refractivity contribution >= 4 is 17.0 Å². The smallest absolute Gasteiger partial charge is 0.323 e. The van der Waals surface area contributed by atoms with Crippen molar-refractivity contribution in [2.45, 2.75) is 19.0 Å². The normalized spacial score (nSPS) is 12.4. The van der Waals surface area contributed by atoms with Crippen molar-refractivity contribution in [3.8, 4) is 0 Å². The highest BCUT2D eigenvalue weighted by Crippen LogP contribution is 2.22. The van der Waals surface area contributed by atoms with Gasteiger partial charge in [-0.05, 0) is 24.1 Å². The summed E-state index contributed by atoms with van der Waals surface area (Å²) >= 11 is 0. The second-order valence-electron chi connectivity index (χ2n) is 5.23. The molecule has 112 valence electrons. The zero-order valence-corrected chi connectivity index (χ0v) is 12.0. The quantitative estimate of drug-likeness (QED) is 0.757. The summed E-state index contributed by atoms with van der Waals surface area (Å²) in [5.41, 5.74) is 8.95. The molecule has 1 atom stereocenters. The van der Waals surface area contributed by atoms with Crippen LogP contribution >= 0.6 is 0 Å². The van der Waals surface area contributed by atoms with E-state index in [1.807, 2.05) is 54.6 Å². The summed E-state index contributed by atoms with van der Waals surface area (Å²) in [6.45, 7) is -0.141. The molecule has 0 amide bonds. The molecule has 1 unspecified atom stereocenters. The van der Waals surface area contributed by atoms with E-state index in [1.54, 1.807) is 4.57 Å². The Morgan fingerprint density at radius 1 is 1.14 bits per heavy atom. The topological polar surface area (TPSA) is 81.1 Å². The van der Waals surface area contributed by atoms with Crippen molar-refractivity contribution in [1.82, 2.24) is 9.55 Å². The number of aromatic nitrogens is 2. The number of benzene rings is 2. The molecular weight excluding hydrogens is 278 g/mol. The molecule has 0 bridgehead atoms. The SMILES string of the molecule is NC(Cc1ccccc1)c1nc2ccccc2n1CC(=O)O. The largest absolute Gasteiger partial charge is 0.480 e. The third-order valence-electron chi connectivity index (χ3n) is 3.61. The van der Waals surface area contributed by atoms with E-state index in [9.17, 15) is 4.79 Å². The summed E-state index contributed by atoms with van der Waals surface area (Å²) in [5, 5.41) is 9.15. The van der Waals surface area contributed by atoms with E-state index in [0.717, 1.165) is 16.6 Å². The van der Waals surface area contributed by atoms with Gasteiger partial charge in [0.2, 0.25) is 0 Å². The van der Waals surface area contributed by atoms with E-state index in [4.69, 9.17) is 10.8 Å². The molecule has 3 aromatic rings. The minimum Gasteiger partial charge on any atom is -0.480 e. The molecule has 22 heavy (non-hydrogen) atoms. The third kappa shape index (κ3) is 2.84. The average molecular weight is 295 g/mol. The Morgan fingerprint density at radius 3 is 2.55 bits per heavy atom. The fraction of sp³-hybridized carbons (Fsp3) is 0.176. The highest BCUT2D eigenvalue weighted by Gasteiger charge is 2.18. The van der Waals surface area contributed by atoms with Crippen LogP contribution in [0, 0.1) is 0 Å². The molecule has 1 heterocycles. The second kappa shape index (κ2) is 5.99. The van der Waals surface area contributed by atoms with Crippen LogP contribution in [-0.4, -0.2) is 20.6 Å². The number of fused-ring (bicyclic) bond motifs is 1. The van der Waals surface area contributed by atoms with Crippen molar-refractivity contribution in [2.24, 2.45) is 5.73 Å². The van der Waals surface area contributed by atoms with Gasteiger partial charge in [-0.15, -0.1) is 0 Å². The molecule has 5 heteroatoms. The van der Waals surface area contributed by atoms with Gasteiger partial charge in [0.05, 0.1) is 17.1 Å². The maximum absolute atomic E-state index is 11.2. The minimum absolute atomic E-state index is 0.141. The van der Waals surface area contributed by atoms with Crippen LogP contribution < -0.4 is 5.73 Å². The van der Waals surface area contributed by atoms with Gasteiger partial charge in [-0.3, -0.25) is 4.79 Å². The lowest BCUT2D eigenvalue weighted by Gasteiger charge is -2.13. The van der Waals surface area contributed by atoms with Crippen LogP contribution in [0.4, 0.5) is 0 Å². The number of nitrogens with zero attached hydrogens (tertiary/aromatic N) is 2. The van der Waals surface area contributed by atoms with Crippen LogP contribution in [-0.2, 0) is 17.8 Å². The maximum atomic E-state index is 11.2. The third-order valence-corrected chi connectivity index (χ3v) is 3.61. The molecular formula is C17H17N3O2. The first kappa shape index (κ1) is 14.3. The number of carboxylic acids is 1. The van der Waals surface area contributed by atoms with E-state index >= 15 is 0 Å². The Kier molecular flexibility index (Phi) is 3.89. The summed E-state index contributed by atoms with van der Waals surface area (Å²) in [7, 11) is 0. The van der Waals surface area contributed by atoms with Crippen LogP contribution in [0.25, 0.3) is 11.0 Å². The standard InChI is InChI=1S/C17H17N3O2/c18-13(10-12-6-2-1-3-7-12)17-19-14-8-4-5-9-15(14)20(17)11-16(21)22/h1-9,13H,10-11,18H2,(H,21,22). The molecule has 3 N–H and O–H groups in total. The van der Waals surface area contributed by atoms with Crippen molar-refractivity contribution < 1.29 is 9.90 Å². The van der Waals surface area contributed by atoms with Gasteiger partial charge in [0.25, 0.3) is 0 Å². The van der Waals surface area contributed by atoms with E-state index in [1.165, 1.54) is 0 Å². The van der Waals surface area contributed by atoms with Crippen LogP contribution in [0.3, 0.4) is 0 Å². The summed E-state index contributed by atoms with van der Waals surface area (Å²) in [5.74, 6) is -0.302. The molecule has 2 aromatic carbocycles. The summed E-state index contributed by atoms with van der Waals surface area (Å²) < 4.78 is 1.69. The van der Waals surface area contributed by atoms with Gasteiger partial charge < -0.3 is 15.4 Å². The number of aliphatic carboxylic acids is 1. The van der Waals surface area contributed by atoms with Crippen molar-refractivity contribution in [1.29, 1.82) is 0 Å². The first-order valence-corrected chi connectivity index (χ1v) is 7.11. The molecule has 0 radical (unpaired) electrons. The molecule has 0 aliphatic carbocycles. The highest BCUT2D eigenvalue weighted by molar-refractivity contribution is 5.78. The molecule has 0 aliphatic rings. The number of hydrogen-bond donors (Lipinski definition) is 2. The Balaban J connectivity index is 1.99. The van der Waals surface area contributed by atoms with Crippen LogP contribution in [0.1, 0.15) is 17.4 Å². The van der Waals surface area contributed by atoms with Gasteiger partial charge in [-0.25, -0.2) is 4.98 Å². The first-order valence-electron chi connectivity index (χ1n) is 7.11. The van der Waals surface area contributed by atoms with Gasteiger partial charge in [0.15, 0.2) is 0 Å². The van der Waals surface area contributed by atoms with Crippen LogP contribution in [0.15, 0.2) is 54.6 Å². The number of rotatable bonds is 5. The van der Waals surface area contributed by atoms with Gasteiger partial charge >= 0.3 is 5.97 Å². The van der Waals surface area contributed by atoms with Crippen molar-refractivity contribution in [3.63, 3.8) is 0 Å². The first-order chi connectivity index (χ1) is 10.6. The molecule has 0 fully saturated rings. The predicted octanol–water partition coefficient (Wildman–Crippen LogP) is 2.36. The molecule has 0 saturated heterocycles. The fourth-order valence-electron chi connectivity index (χ4n) is 2.64. The number of carbonyl (C=O) groups is 1. The predicted molar refractivity (Wildman–Crippen MR) is 84.4 cm³/mol. The Morgan fingerprint density at radius 2 is 1.82 bits per heavy atom. The van der Waals surface area contributed by atoms with Gasteiger partial charge in [0.1, 0.15) is 12.4 Å². The van der Waals surface area contributed by atoms with Gasteiger partial charge in [0, 0.05) is 0 Å². The van der Waals surface area contributed by atoms with Crippen LogP contribution in [0.5, 0.6) is 0 Å². The maximum Gasteiger partial charge on any atom is 0.323 e. The van der Waals surface area contributed by atoms with E-state index in [0.29, 0.717) is 12.2 Å². The minimum atomic E-state index is -0.906. The van der Waals surface area contributed by atoms with Crippen molar-refractivity contribution in [2.75, 3.05) is 0 Å². The fourth-order valence-corrected chi connectivity index (χ4v) is 2.64. The Bertz CT molecular complexity index is 796. The monoisotopic (exact) mass is 295 g/mol. The van der Waals surface area contributed by atoms with E-state index in [-0.39, 0.29) is 12.6 Å². The number of carboxylic acid groups (broad SMARTS) is 1. The van der Waals surface area contributed by atoms with E-state index < -0.39 is 5.97 Å². The van der Waals surface area contributed by atoms with Crippen molar-refractivity contribution in [3.05, 3.63) is 66.0 Å². The number of hydrogen-bond acceptors (Lipinski definition) is 3. The lowest BCUT2D eigenvalue weighted by atomic mass is 10.1. The zero-order chi connectivity index (χ0) is 15.5. The molecule has 1 aromatic heterocycles. The molecule has 0 aliphatic heterocycles. The summed E-state index contributed by atoms with van der Waals surface area (Å²) in [4.78, 5) is 15.7. The van der Waals surface area contributed by atoms with Gasteiger partial charge in [-0.2, -0.15) is 0 Å². The second-order valence-corrected chi connectivity index (χ2v) is 5.23. The Hall–Kier alpha value is -2.66. The lowest BCUT2D eigenvalue weighted by Crippen LogP contribution is -2.21. The lowest BCUT2D eigenvalue weighted by molar-refractivity contribution is -0.137. The Labute approximate surface area is 128 Å². The summed E-state index contributed by atoms with van der Waals surface area (Å²) in [6, 6.07) is 17.0.